The van der Waals surface area contributed by atoms with Gasteiger partial charge in [-0.25, -0.2) is 0 Å². The average Bonchev–Trinajstić information content (AvgIpc) is 3.14. The summed E-state index contributed by atoms with van der Waals surface area (Å²) in [5, 5.41) is 14.7. The van der Waals surface area contributed by atoms with Gasteiger partial charge in [-0.15, -0.1) is 15.3 Å². The minimum absolute atomic E-state index is 0.113. The molecule has 8 nitrogen and oxygen atoms in total. The Hall–Kier alpha value is -2.33. The number of hydrogen-bond acceptors (Lipinski definition) is 8. The van der Waals surface area contributed by atoms with Crippen LogP contribution in [0.4, 0.5) is 5.69 Å². The Labute approximate surface area is 138 Å². The van der Waals surface area contributed by atoms with Crippen molar-refractivity contribution in [3.8, 4) is 11.5 Å². The molecule has 118 valence electrons. The Morgan fingerprint density at radius 1 is 1.35 bits per heavy atom. The first kappa shape index (κ1) is 14.3. The van der Waals surface area contributed by atoms with Crippen molar-refractivity contribution < 1.29 is 14.3 Å². The van der Waals surface area contributed by atoms with E-state index in [2.05, 4.69) is 20.6 Å². The Balaban J connectivity index is 1.37. The number of hydrogen-bond donors (Lipinski definition) is 1. The van der Waals surface area contributed by atoms with Crippen LogP contribution in [0.2, 0.25) is 0 Å². The molecule has 1 aliphatic rings. The van der Waals surface area contributed by atoms with Crippen LogP contribution in [-0.4, -0.2) is 44.7 Å². The van der Waals surface area contributed by atoms with Crippen molar-refractivity contribution in [3.05, 3.63) is 24.5 Å². The average molecular weight is 349 g/mol. The summed E-state index contributed by atoms with van der Waals surface area (Å²) in [6.45, 7) is 1.06. The molecule has 0 radical (unpaired) electrons. The van der Waals surface area contributed by atoms with Crippen molar-refractivity contribution >= 4 is 39.7 Å². The molecule has 0 atom stereocenters. The zero-order chi connectivity index (χ0) is 15.6. The van der Waals surface area contributed by atoms with Gasteiger partial charge in [0.2, 0.25) is 10.9 Å². The van der Waals surface area contributed by atoms with E-state index in [4.69, 9.17) is 9.47 Å². The lowest BCUT2D eigenvalue weighted by atomic mass is 10.2. The largest absolute Gasteiger partial charge is 0.486 e. The lowest BCUT2D eigenvalue weighted by Crippen LogP contribution is -2.17. The number of fused-ring (bicyclic) bond motifs is 2. The molecular weight excluding hydrogens is 338 g/mol. The molecule has 4 rings (SSSR count). The molecule has 10 heteroatoms. The van der Waals surface area contributed by atoms with E-state index in [1.165, 1.54) is 29.4 Å². The number of carbonyl (C=O) groups excluding carboxylic acids is 1. The number of ether oxygens (including phenoxy) is 2. The van der Waals surface area contributed by atoms with E-state index < -0.39 is 0 Å². The molecule has 0 bridgehead atoms. The van der Waals surface area contributed by atoms with Crippen LogP contribution in [0.15, 0.2) is 28.9 Å². The van der Waals surface area contributed by atoms with Crippen LogP contribution in [0.3, 0.4) is 0 Å². The summed E-state index contributed by atoms with van der Waals surface area (Å²) in [7, 11) is 0. The fourth-order valence-corrected chi connectivity index (χ4v) is 3.71. The Kier molecular flexibility index (Phi) is 3.75. The lowest BCUT2D eigenvalue weighted by Gasteiger charge is -2.18. The topological polar surface area (TPSA) is 90.6 Å². The third kappa shape index (κ3) is 3.08. The van der Waals surface area contributed by atoms with Gasteiger partial charge in [0, 0.05) is 11.8 Å². The Bertz CT molecular complexity index is 834. The number of carbonyl (C=O) groups is 1. The van der Waals surface area contributed by atoms with Gasteiger partial charge in [0.05, 0.1) is 5.75 Å². The van der Waals surface area contributed by atoms with Gasteiger partial charge in [0.1, 0.15) is 19.5 Å². The van der Waals surface area contributed by atoms with Crippen LogP contribution in [0.1, 0.15) is 0 Å². The van der Waals surface area contributed by atoms with E-state index in [-0.39, 0.29) is 11.7 Å². The van der Waals surface area contributed by atoms with E-state index in [0.29, 0.717) is 35.4 Å². The highest BCUT2D eigenvalue weighted by molar-refractivity contribution is 8.01. The number of anilines is 1. The van der Waals surface area contributed by atoms with Gasteiger partial charge in [0.15, 0.2) is 15.8 Å². The molecule has 3 aromatic rings. The SMILES string of the molecule is O=C(CSc1nn2cnnc2s1)Nc1ccc2c(c1)OCCO2. The van der Waals surface area contributed by atoms with E-state index in [1.54, 1.807) is 22.7 Å². The minimum Gasteiger partial charge on any atom is -0.486 e. The summed E-state index contributed by atoms with van der Waals surface area (Å²) in [4.78, 5) is 12.8. The Morgan fingerprint density at radius 3 is 3.09 bits per heavy atom. The highest BCUT2D eigenvalue weighted by Gasteiger charge is 2.13. The molecule has 1 aromatic carbocycles. The van der Waals surface area contributed by atoms with Gasteiger partial charge < -0.3 is 14.8 Å². The van der Waals surface area contributed by atoms with Crippen molar-refractivity contribution in [2.45, 2.75) is 4.34 Å². The molecule has 1 amide bonds. The van der Waals surface area contributed by atoms with E-state index in [0.717, 1.165) is 4.34 Å². The molecule has 23 heavy (non-hydrogen) atoms. The predicted molar refractivity (Wildman–Crippen MR) is 85.4 cm³/mol. The summed E-state index contributed by atoms with van der Waals surface area (Å²) >= 11 is 2.75. The number of nitrogens with zero attached hydrogens (tertiary/aromatic N) is 4. The molecule has 0 unspecified atom stereocenters. The van der Waals surface area contributed by atoms with Crippen molar-refractivity contribution in [2.24, 2.45) is 0 Å². The van der Waals surface area contributed by atoms with Crippen LogP contribution in [0, 0.1) is 0 Å². The van der Waals surface area contributed by atoms with Crippen LogP contribution < -0.4 is 14.8 Å². The second-order valence-corrected chi connectivity index (χ2v) is 6.80. The standard InChI is InChI=1S/C13H11N5O3S2/c19-11(6-22-13-17-18-7-14-16-12(18)23-13)15-8-1-2-9-10(5-8)21-4-3-20-9/h1-2,5,7H,3-4,6H2,(H,15,19). The highest BCUT2D eigenvalue weighted by Crippen LogP contribution is 2.32. The molecule has 2 aromatic heterocycles. The maximum Gasteiger partial charge on any atom is 0.235 e. The van der Waals surface area contributed by atoms with Gasteiger partial charge in [-0.05, 0) is 12.1 Å². The number of aromatic nitrogens is 4. The monoisotopic (exact) mass is 349 g/mol. The third-order valence-corrected chi connectivity index (χ3v) is 5.07. The molecule has 0 aliphatic carbocycles. The minimum atomic E-state index is -0.113. The molecule has 1 N–H and O–H groups in total. The fraction of sp³-hybridized carbons (Fsp3) is 0.231. The quantitative estimate of drug-likeness (QED) is 0.717. The molecule has 3 heterocycles. The molecule has 0 saturated carbocycles. The van der Waals surface area contributed by atoms with Gasteiger partial charge in [-0.2, -0.15) is 4.52 Å². The van der Waals surface area contributed by atoms with Crippen LogP contribution in [0.25, 0.3) is 4.96 Å². The van der Waals surface area contributed by atoms with Gasteiger partial charge in [-0.1, -0.05) is 23.1 Å². The van der Waals surface area contributed by atoms with E-state index in [1.807, 2.05) is 0 Å². The van der Waals surface area contributed by atoms with Crippen molar-refractivity contribution in [1.29, 1.82) is 0 Å². The summed E-state index contributed by atoms with van der Waals surface area (Å²) < 4.78 is 13.3. The predicted octanol–water partition coefficient (Wildman–Crippen LogP) is 1.69. The third-order valence-electron chi connectivity index (χ3n) is 3.02. The zero-order valence-corrected chi connectivity index (χ0v) is 13.4. The number of benzene rings is 1. The van der Waals surface area contributed by atoms with Gasteiger partial charge in [-0.3, -0.25) is 4.79 Å². The molecule has 1 aliphatic heterocycles. The Morgan fingerprint density at radius 2 is 2.22 bits per heavy atom. The van der Waals surface area contributed by atoms with Crippen molar-refractivity contribution in [2.75, 3.05) is 24.3 Å². The van der Waals surface area contributed by atoms with Gasteiger partial charge in [0.25, 0.3) is 0 Å². The normalized spacial score (nSPS) is 13.2. The maximum absolute atomic E-state index is 12.0. The number of nitrogens with one attached hydrogen (secondary N) is 1. The molecule has 0 fully saturated rings. The van der Waals surface area contributed by atoms with Crippen molar-refractivity contribution in [3.63, 3.8) is 0 Å². The highest BCUT2D eigenvalue weighted by atomic mass is 32.2. The zero-order valence-electron chi connectivity index (χ0n) is 11.8. The van der Waals surface area contributed by atoms with Crippen LogP contribution in [-0.2, 0) is 4.79 Å². The summed E-state index contributed by atoms with van der Waals surface area (Å²) in [5.41, 5.74) is 0.679. The smallest absolute Gasteiger partial charge is 0.235 e. The van der Waals surface area contributed by atoms with Crippen LogP contribution >= 0.6 is 23.1 Å². The first-order valence-electron chi connectivity index (χ1n) is 6.77. The van der Waals surface area contributed by atoms with Gasteiger partial charge >= 0.3 is 0 Å². The first-order valence-corrected chi connectivity index (χ1v) is 8.57. The summed E-state index contributed by atoms with van der Waals surface area (Å²) in [6, 6.07) is 5.35. The summed E-state index contributed by atoms with van der Waals surface area (Å²) in [6.07, 6.45) is 1.53. The second-order valence-electron chi connectivity index (χ2n) is 4.62. The molecule has 0 saturated heterocycles. The number of amides is 1. The van der Waals surface area contributed by atoms with Crippen molar-refractivity contribution in [1.82, 2.24) is 19.8 Å². The molecular formula is C13H11N5O3S2. The van der Waals surface area contributed by atoms with E-state index >= 15 is 0 Å². The molecule has 0 spiro atoms. The van der Waals surface area contributed by atoms with E-state index in [9.17, 15) is 4.79 Å². The maximum atomic E-state index is 12.0. The number of rotatable bonds is 4. The van der Waals surface area contributed by atoms with Crippen LogP contribution in [0.5, 0.6) is 11.5 Å². The first-order chi connectivity index (χ1) is 11.3. The lowest BCUT2D eigenvalue weighted by molar-refractivity contribution is -0.113. The summed E-state index contributed by atoms with van der Waals surface area (Å²) in [5.74, 6) is 1.50. The number of thioether (sulfide) groups is 1. The fourth-order valence-electron chi connectivity index (χ4n) is 2.05. The second kappa shape index (κ2) is 6.05.